The summed E-state index contributed by atoms with van der Waals surface area (Å²) in [6.07, 6.45) is 1.80. The Morgan fingerprint density at radius 3 is 2.62 bits per heavy atom. The van der Waals surface area contributed by atoms with Gasteiger partial charge in [0, 0.05) is 9.50 Å². The van der Waals surface area contributed by atoms with Crippen molar-refractivity contribution in [2.45, 2.75) is 20.5 Å². The molecule has 8 heteroatoms. The topological polar surface area (TPSA) is 59.9 Å². The number of hydrogen-bond acceptors (Lipinski definition) is 5. The minimum Gasteiger partial charge on any atom is -0.493 e. The summed E-state index contributed by atoms with van der Waals surface area (Å²) >= 11 is 11.1. The molecular formula is C26H22BrClN2O3S. The minimum atomic E-state index is -0.214. The van der Waals surface area contributed by atoms with E-state index in [0.29, 0.717) is 33.2 Å². The van der Waals surface area contributed by atoms with Gasteiger partial charge in [0.05, 0.1) is 17.7 Å². The molecular weight excluding hydrogens is 536 g/mol. The lowest BCUT2D eigenvalue weighted by Crippen LogP contribution is -2.19. The van der Waals surface area contributed by atoms with Crippen LogP contribution < -0.4 is 14.8 Å². The number of carbonyl (C=O) groups excluding carboxylic acids is 1. The zero-order valence-electron chi connectivity index (χ0n) is 18.8. The highest BCUT2D eigenvalue weighted by Gasteiger charge is 2.25. The zero-order chi connectivity index (χ0) is 24.2. The van der Waals surface area contributed by atoms with E-state index in [4.69, 9.17) is 21.1 Å². The molecule has 0 unspecified atom stereocenters. The maximum atomic E-state index is 12.6. The first kappa shape index (κ1) is 24.4. The monoisotopic (exact) mass is 556 g/mol. The Balaban J connectivity index is 1.55. The summed E-state index contributed by atoms with van der Waals surface area (Å²) in [5, 5.41) is 3.95. The number of nitrogens with one attached hydrogen (secondary N) is 1. The third kappa shape index (κ3) is 5.66. The van der Waals surface area contributed by atoms with E-state index < -0.39 is 0 Å². The number of rotatable bonds is 6. The highest BCUT2D eigenvalue weighted by molar-refractivity contribution is 9.10. The largest absolute Gasteiger partial charge is 0.493 e. The Bertz CT molecular complexity index is 1310. The maximum absolute atomic E-state index is 12.6. The van der Waals surface area contributed by atoms with E-state index in [2.05, 4.69) is 38.4 Å². The van der Waals surface area contributed by atoms with Crippen LogP contribution >= 0.6 is 39.3 Å². The van der Waals surface area contributed by atoms with Crippen LogP contribution in [0.15, 0.2) is 69.0 Å². The quantitative estimate of drug-likeness (QED) is 0.326. The number of hydrogen-bond donors (Lipinski definition) is 1. The lowest BCUT2D eigenvalue weighted by Gasteiger charge is -2.13. The van der Waals surface area contributed by atoms with Crippen molar-refractivity contribution >= 4 is 62.1 Å². The minimum absolute atomic E-state index is 0.214. The number of thioether (sulfide) groups is 1. The van der Waals surface area contributed by atoms with Gasteiger partial charge in [0.15, 0.2) is 16.7 Å². The van der Waals surface area contributed by atoms with E-state index in [1.54, 1.807) is 13.2 Å². The molecule has 1 N–H and O–H groups in total. The van der Waals surface area contributed by atoms with Crippen molar-refractivity contribution < 1.29 is 14.3 Å². The smallest absolute Gasteiger partial charge is 0.264 e. The Kier molecular flexibility index (Phi) is 7.66. The number of benzene rings is 3. The number of halogens is 2. The SMILES string of the molecule is COc1cc(/C=C2/SC(=Nc3cccc(Cl)c3C)NC2=O)c(Br)cc1OCc1ccc(C)cc1. The fraction of sp³-hybridized carbons (Fsp3) is 0.154. The third-order valence-corrected chi connectivity index (χ3v) is 7.20. The van der Waals surface area contributed by atoms with Crippen LogP contribution in [0.4, 0.5) is 5.69 Å². The van der Waals surface area contributed by atoms with Crippen molar-refractivity contribution in [3.8, 4) is 11.5 Å². The predicted octanol–water partition coefficient (Wildman–Crippen LogP) is 7.20. The zero-order valence-corrected chi connectivity index (χ0v) is 22.0. The van der Waals surface area contributed by atoms with Crippen LogP contribution in [-0.4, -0.2) is 18.2 Å². The number of aliphatic imine (C=N–C) groups is 1. The molecule has 0 atom stereocenters. The van der Waals surface area contributed by atoms with Crippen LogP contribution in [0.5, 0.6) is 11.5 Å². The van der Waals surface area contributed by atoms with Gasteiger partial charge < -0.3 is 14.8 Å². The first-order valence-electron chi connectivity index (χ1n) is 10.4. The molecule has 174 valence electrons. The summed E-state index contributed by atoms with van der Waals surface area (Å²) in [5.41, 5.74) is 4.63. The second-order valence-electron chi connectivity index (χ2n) is 7.66. The highest BCUT2D eigenvalue weighted by atomic mass is 79.9. The fourth-order valence-electron chi connectivity index (χ4n) is 3.23. The van der Waals surface area contributed by atoms with Crippen molar-refractivity contribution in [1.29, 1.82) is 0 Å². The van der Waals surface area contributed by atoms with Gasteiger partial charge in [-0.1, -0.05) is 63.4 Å². The molecule has 1 heterocycles. The van der Waals surface area contributed by atoms with E-state index in [1.165, 1.54) is 17.3 Å². The highest BCUT2D eigenvalue weighted by Crippen LogP contribution is 2.37. The van der Waals surface area contributed by atoms with Gasteiger partial charge in [0.2, 0.25) is 0 Å². The Hall–Kier alpha value is -2.74. The number of ether oxygens (including phenoxy) is 2. The predicted molar refractivity (Wildman–Crippen MR) is 143 cm³/mol. The van der Waals surface area contributed by atoms with Crippen molar-refractivity contribution in [2.75, 3.05) is 7.11 Å². The lowest BCUT2D eigenvalue weighted by molar-refractivity contribution is -0.115. The van der Waals surface area contributed by atoms with E-state index in [9.17, 15) is 4.79 Å². The second kappa shape index (κ2) is 10.7. The summed E-state index contributed by atoms with van der Waals surface area (Å²) in [5.74, 6) is 0.974. The standard InChI is InChI=1S/C26H22BrClN2O3S/c1-15-7-9-17(10-8-15)14-33-23-13-19(27)18(11-22(23)32-3)12-24-25(31)30-26(34-24)29-21-6-4-5-20(28)16(21)2/h4-13H,14H2,1-3H3,(H,29,30,31)/b24-12+. The number of amides is 1. The summed E-state index contributed by atoms with van der Waals surface area (Å²) in [7, 11) is 1.59. The number of carbonyl (C=O) groups is 1. The average molecular weight is 558 g/mol. The van der Waals surface area contributed by atoms with Crippen LogP contribution in [0, 0.1) is 13.8 Å². The van der Waals surface area contributed by atoms with E-state index in [1.807, 2.05) is 56.3 Å². The molecule has 1 saturated heterocycles. The Labute approximate surface area is 216 Å². The number of methoxy groups -OCH3 is 1. The summed E-state index contributed by atoms with van der Waals surface area (Å²) in [4.78, 5) is 17.6. The molecule has 34 heavy (non-hydrogen) atoms. The molecule has 0 aromatic heterocycles. The molecule has 4 rings (SSSR count). The van der Waals surface area contributed by atoms with E-state index >= 15 is 0 Å². The molecule has 5 nitrogen and oxygen atoms in total. The Morgan fingerprint density at radius 2 is 1.88 bits per heavy atom. The molecule has 1 aliphatic rings. The summed E-state index contributed by atoms with van der Waals surface area (Å²) in [6, 6.07) is 17.4. The average Bonchev–Trinajstić information content (AvgIpc) is 3.16. The van der Waals surface area contributed by atoms with Crippen molar-refractivity contribution in [3.63, 3.8) is 0 Å². The fourth-order valence-corrected chi connectivity index (χ4v) is 4.66. The van der Waals surface area contributed by atoms with Gasteiger partial charge in [-0.25, -0.2) is 4.99 Å². The van der Waals surface area contributed by atoms with Crippen LogP contribution in [0.1, 0.15) is 22.3 Å². The second-order valence-corrected chi connectivity index (χ2v) is 9.96. The van der Waals surface area contributed by atoms with Crippen molar-refractivity contribution in [1.82, 2.24) is 5.32 Å². The first-order valence-corrected chi connectivity index (χ1v) is 12.4. The normalized spacial score (nSPS) is 15.6. The molecule has 0 radical (unpaired) electrons. The number of amidine groups is 1. The van der Waals surface area contributed by atoms with Gasteiger partial charge in [0.1, 0.15) is 6.61 Å². The number of nitrogens with zero attached hydrogens (tertiary/aromatic N) is 1. The Morgan fingerprint density at radius 1 is 1.12 bits per heavy atom. The molecule has 0 aliphatic carbocycles. The van der Waals surface area contributed by atoms with E-state index in [0.717, 1.165) is 26.9 Å². The first-order chi connectivity index (χ1) is 16.3. The summed E-state index contributed by atoms with van der Waals surface area (Å²) in [6.45, 7) is 4.37. The van der Waals surface area contributed by atoms with Gasteiger partial charge in [-0.15, -0.1) is 0 Å². The molecule has 3 aromatic carbocycles. The summed E-state index contributed by atoms with van der Waals surface area (Å²) < 4.78 is 12.3. The molecule has 0 bridgehead atoms. The molecule has 0 saturated carbocycles. The van der Waals surface area contributed by atoms with Crippen LogP contribution in [-0.2, 0) is 11.4 Å². The molecule has 1 aliphatic heterocycles. The van der Waals surface area contributed by atoms with Gasteiger partial charge in [0.25, 0.3) is 5.91 Å². The van der Waals surface area contributed by atoms with Crippen molar-refractivity contribution in [2.24, 2.45) is 4.99 Å². The molecule has 0 spiro atoms. The molecule has 1 amide bonds. The third-order valence-electron chi connectivity index (χ3n) is 5.20. The maximum Gasteiger partial charge on any atom is 0.264 e. The molecule has 3 aromatic rings. The van der Waals surface area contributed by atoms with Gasteiger partial charge in [-0.05, 0) is 72.6 Å². The van der Waals surface area contributed by atoms with Crippen LogP contribution in [0.3, 0.4) is 0 Å². The lowest BCUT2D eigenvalue weighted by atomic mass is 10.1. The van der Waals surface area contributed by atoms with Gasteiger partial charge >= 0.3 is 0 Å². The van der Waals surface area contributed by atoms with Crippen LogP contribution in [0.25, 0.3) is 6.08 Å². The van der Waals surface area contributed by atoms with Crippen LogP contribution in [0.2, 0.25) is 5.02 Å². The van der Waals surface area contributed by atoms with Gasteiger partial charge in [-0.2, -0.15) is 0 Å². The van der Waals surface area contributed by atoms with Crippen molar-refractivity contribution in [3.05, 3.63) is 91.3 Å². The van der Waals surface area contributed by atoms with E-state index in [-0.39, 0.29) is 5.91 Å². The number of aryl methyl sites for hydroxylation is 1. The molecule has 1 fully saturated rings. The van der Waals surface area contributed by atoms with Gasteiger partial charge in [-0.3, -0.25) is 4.79 Å².